The highest BCUT2D eigenvalue weighted by molar-refractivity contribution is 6.00. The number of amides is 1. The van der Waals surface area contributed by atoms with Crippen LogP contribution in [0.4, 0.5) is 13.2 Å². The van der Waals surface area contributed by atoms with E-state index in [4.69, 9.17) is 0 Å². The number of hydrogen-bond acceptors (Lipinski definition) is 4. The SMILES string of the molecule is C/C(=N/NC(=O)c1ccncc1)c1ccc(OC(F)(F)F)cc1. The van der Waals surface area contributed by atoms with Crippen molar-refractivity contribution < 1.29 is 22.7 Å². The Morgan fingerprint density at radius 1 is 1.09 bits per heavy atom. The molecular weight excluding hydrogens is 311 g/mol. The minimum absolute atomic E-state index is 0.324. The van der Waals surface area contributed by atoms with Crippen molar-refractivity contribution in [1.29, 1.82) is 0 Å². The summed E-state index contributed by atoms with van der Waals surface area (Å²) < 4.78 is 40.0. The fourth-order valence-corrected chi connectivity index (χ4v) is 1.66. The minimum Gasteiger partial charge on any atom is -0.406 e. The number of benzene rings is 1. The Bertz CT molecular complexity index is 698. The van der Waals surface area contributed by atoms with Gasteiger partial charge in [-0.25, -0.2) is 5.43 Å². The highest BCUT2D eigenvalue weighted by atomic mass is 19.4. The van der Waals surface area contributed by atoms with E-state index in [0.29, 0.717) is 16.8 Å². The van der Waals surface area contributed by atoms with Gasteiger partial charge in [0.05, 0.1) is 5.71 Å². The summed E-state index contributed by atoms with van der Waals surface area (Å²) in [6.45, 7) is 1.62. The van der Waals surface area contributed by atoms with Gasteiger partial charge in [-0.2, -0.15) is 5.10 Å². The second kappa shape index (κ2) is 6.91. The molecule has 1 N–H and O–H groups in total. The molecule has 2 aromatic rings. The van der Waals surface area contributed by atoms with Gasteiger partial charge in [0, 0.05) is 18.0 Å². The Morgan fingerprint density at radius 2 is 1.70 bits per heavy atom. The molecule has 23 heavy (non-hydrogen) atoms. The molecule has 1 heterocycles. The lowest BCUT2D eigenvalue weighted by molar-refractivity contribution is -0.274. The molecule has 0 aliphatic carbocycles. The number of hydrazone groups is 1. The summed E-state index contributed by atoms with van der Waals surface area (Å²) in [4.78, 5) is 15.6. The van der Waals surface area contributed by atoms with Crippen molar-refractivity contribution in [3.8, 4) is 5.75 Å². The first-order chi connectivity index (χ1) is 10.8. The first-order valence-corrected chi connectivity index (χ1v) is 6.46. The number of ether oxygens (including phenoxy) is 1. The molecule has 2 rings (SSSR count). The maximum Gasteiger partial charge on any atom is 0.573 e. The average molecular weight is 323 g/mol. The molecule has 0 radical (unpaired) electrons. The molecule has 0 spiro atoms. The lowest BCUT2D eigenvalue weighted by atomic mass is 10.1. The minimum atomic E-state index is -4.73. The van der Waals surface area contributed by atoms with Crippen LogP contribution in [0.2, 0.25) is 0 Å². The largest absolute Gasteiger partial charge is 0.573 e. The first-order valence-electron chi connectivity index (χ1n) is 6.46. The molecule has 0 aliphatic rings. The summed E-state index contributed by atoms with van der Waals surface area (Å²) in [7, 11) is 0. The third-order valence-electron chi connectivity index (χ3n) is 2.77. The van der Waals surface area contributed by atoms with E-state index in [1.807, 2.05) is 0 Å². The van der Waals surface area contributed by atoms with Crippen LogP contribution in [-0.2, 0) is 0 Å². The molecule has 8 heteroatoms. The molecule has 0 bridgehead atoms. The predicted molar refractivity (Wildman–Crippen MR) is 77.0 cm³/mol. The van der Waals surface area contributed by atoms with Crippen LogP contribution in [0.3, 0.4) is 0 Å². The maximum absolute atomic E-state index is 12.1. The molecule has 0 aliphatic heterocycles. The number of alkyl halides is 3. The van der Waals surface area contributed by atoms with Crippen LogP contribution in [0, 0.1) is 0 Å². The van der Waals surface area contributed by atoms with E-state index in [1.165, 1.54) is 48.8 Å². The van der Waals surface area contributed by atoms with Gasteiger partial charge in [0.2, 0.25) is 0 Å². The van der Waals surface area contributed by atoms with Gasteiger partial charge in [-0.1, -0.05) is 0 Å². The number of pyridine rings is 1. The zero-order chi connectivity index (χ0) is 16.9. The number of carbonyl (C=O) groups excluding carboxylic acids is 1. The third-order valence-corrected chi connectivity index (χ3v) is 2.77. The number of rotatable bonds is 4. The highest BCUT2D eigenvalue weighted by Crippen LogP contribution is 2.22. The summed E-state index contributed by atoms with van der Waals surface area (Å²) >= 11 is 0. The first kappa shape index (κ1) is 16.5. The van der Waals surface area contributed by atoms with Crippen LogP contribution in [0.25, 0.3) is 0 Å². The van der Waals surface area contributed by atoms with Crippen molar-refractivity contribution in [3.63, 3.8) is 0 Å². The lowest BCUT2D eigenvalue weighted by Gasteiger charge is -2.09. The zero-order valence-electron chi connectivity index (χ0n) is 12.0. The van der Waals surface area contributed by atoms with Crippen LogP contribution in [0.15, 0.2) is 53.9 Å². The summed E-state index contributed by atoms with van der Waals surface area (Å²) in [6, 6.07) is 8.24. The van der Waals surface area contributed by atoms with E-state index in [9.17, 15) is 18.0 Å². The van der Waals surface area contributed by atoms with Gasteiger partial charge >= 0.3 is 6.36 Å². The monoisotopic (exact) mass is 323 g/mol. The highest BCUT2D eigenvalue weighted by Gasteiger charge is 2.30. The topological polar surface area (TPSA) is 63.6 Å². The average Bonchev–Trinajstić information content (AvgIpc) is 2.52. The molecule has 1 aromatic heterocycles. The van der Waals surface area contributed by atoms with Gasteiger partial charge in [0.1, 0.15) is 5.75 Å². The van der Waals surface area contributed by atoms with Gasteiger partial charge < -0.3 is 4.74 Å². The van der Waals surface area contributed by atoms with Gasteiger partial charge in [-0.15, -0.1) is 13.2 Å². The van der Waals surface area contributed by atoms with Crippen LogP contribution >= 0.6 is 0 Å². The van der Waals surface area contributed by atoms with Gasteiger partial charge in [-0.05, 0) is 48.9 Å². The Morgan fingerprint density at radius 3 is 2.26 bits per heavy atom. The van der Waals surface area contributed by atoms with E-state index >= 15 is 0 Å². The second-order valence-corrected chi connectivity index (χ2v) is 4.45. The molecule has 5 nitrogen and oxygen atoms in total. The predicted octanol–water partition coefficient (Wildman–Crippen LogP) is 3.13. The van der Waals surface area contributed by atoms with E-state index < -0.39 is 12.3 Å². The normalized spacial score (nSPS) is 11.9. The quantitative estimate of drug-likeness (QED) is 0.694. The molecule has 0 atom stereocenters. The van der Waals surface area contributed by atoms with Crippen LogP contribution < -0.4 is 10.2 Å². The standard InChI is InChI=1S/C15H12F3N3O2/c1-10(20-21-14(22)12-6-8-19-9-7-12)11-2-4-13(5-3-11)23-15(16,17)18/h2-9H,1H3,(H,21,22)/b20-10-. The summed E-state index contributed by atoms with van der Waals surface area (Å²) in [6.07, 6.45) is -1.78. The Balaban J connectivity index is 2.02. The van der Waals surface area contributed by atoms with Crippen molar-refractivity contribution in [1.82, 2.24) is 10.4 Å². The number of nitrogens with zero attached hydrogens (tertiary/aromatic N) is 2. The van der Waals surface area contributed by atoms with Crippen molar-refractivity contribution in [2.45, 2.75) is 13.3 Å². The fraction of sp³-hybridized carbons (Fsp3) is 0.133. The van der Waals surface area contributed by atoms with E-state index in [1.54, 1.807) is 6.92 Å². The van der Waals surface area contributed by atoms with Crippen molar-refractivity contribution in [2.75, 3.05) is 0 Å². The Labute approximate surface area is 129 Å². The van der Waals surface area contributed by atoms with Gasteiger partial charge in [0.25, 0.3) is 5.91 Å². The van der Waals surface area contributed by atoms with Crippen LogP contribution in [-0.4, -0.2) is 23.0 Å². The summed E-state index contributed by atoms with van der Waals surface area (Å²) in [5.41, 5.74) is 3.74. The number of halogens is 3. The van der Waals surface area contributed by atoms with Crippen LogP contribution in [0.5, 0.6) is 5.75 Å². The zero-order valence-corrected chi connectivity index (χ0v) is 12.0. The summed E-state index contributed by atoms with van der Waals surface area (Å²) in [5.74, 6) is -0.737. The molecule has 120 valence electrons. The van der Waals surface area contributed by atoms with Gasteiger partial charge in [0.15, 0.2) is 0 Å². The van der Waals surface area contributed by atoms with Crippen molar-refractivity contribution in [2.24, 2.45) is 5.10 Å². The second-order valence-electron chi connectivity index (χ2n) is 4.45. The van der Waals surface area contributed by atoms with Crippen molar-refractivity contribution >= 4 is 11.6 Å². The van der Waals surface area contributed by atoms with Gasteiger partial charge in [-0.3, -0.25) is 9.78 Å². The number of hydrogen-bond donors (Lipinski definition) is 1. The fourth-order valence-electron chi connectivity index (χ4n) is 1.66. The molecular formula is C15H12F3N3O2. The summed E-state index contributed by atoms with van der Waals surface area (Å²) in [5, 5.41) is 3.91. The third kappa shape index (κ3) is 5.10. The number of aromatic nitrogens is 1. The molecule has 0 saturated carbocycles. The molecule has 0 fully saturated rings. The molecule has 1 aromatic carbocycles. The lowest BCUT2D eigenvalue weighted by Crippen LogP contribution is -2.19. The Kier molecular flexibility index (Phi) is 4.95. The van der Waals surface area contributed by atoms with E-state index in [2.05, 4.69) is 20.2 Å². The maximum atomic E-state index is 12.1. The molecule has 0 unspecified atom stereocenters. The molecule has 1 amide bonds. The smallest absolute Gasteiger partial charge is 0.406 e. The van der Waals surface area contributed by atoms with E-state index in [0.717, 1.165) is 0 Å². The number of nitrogens with one attached hydrogen (secondary N) is 1. The van der Waals surface area contributed by atoms with Crippen LogP contribution in [0.1, 0.15) is 22.8 Å². The van der Waals surface area contributed by atoms with E-state index in [-0.39, 0.29) is 5.75 Å². The number of carbonyl (C=O) groups is 1. The Hall–Kier alpha value is -2.90. The molecule has 0 saturated heterocycles. The van der Waals surface area contributed by atoms with Crippen molar-refractivity contribution in [3.05, 3.63) is 59.9 Å².